The molecular formula is C37H38F3N7OS. The molecule has 3 N–H and O–H groups in total. The van der Waals surface area contributed by atoms with Gasteiger partial charge in [-0.05, 0) is 79.8 Å². The lowest BCUT2D eigenvalue weighted by molar-refractivity contribution is -0.126. The summed E-state index contributed by atoms with van der Waals surface area (Å²) in [6.07, 6.45) is -0.493. The largest absolute Gasteiger partial charge is 0.393 e. The average molecular weight is 686 g/mol. The summed E-state index contributed by atoms with van der Waals surface area (Å²) in [6.45, 7) is 14.1. The fourth-order valence-corrected chi connectivity index (χ4v) is 7.51. The third-order valence-electron chi connectivity index (χ3n) is 9.18. The Hall–Kier alpha value is -4.70. The molecule has 49 heavy (non-hydrogen) atoms. The van der Waals surface area contributed by atoms with Crippen molar-refractivity contribution in [2.45, 2.75) is 64.0 Å². The van der Waals surface area contributed by atoms with Gasteiger partial charge < -0.3 is 20.3 Å². The van der Waals surface area contributed by atoms with Crippen molar-refractivity contribution in [2.75, 3.05) is 23.7 Å². The van der Waals surface area contributed by atoms with Gasteiger partial charge in [-0.2, -0.15) is 18.4 Å². The van der Waals surface area contributed by atoms with Crippen molar-refractivity contribution in [2.24, 2.45) is 0 Å². The van der Waals surface area contributed by atoms with E-state index in [4.69, 9.17) is 0 Å². The molecule has 1 atom stereocenters. The summed E-state index contributed by atoms with van der Waals surface area (Å²) in [6, 6.07) is 17.5. The first-order valence-corrected chi connectivity index (χ1v) is 16.9. The first-order valence-electron chi connectivity index (χ1n) is 16.1. The Morgan fingerprint density at radius 2 is 1.86 bits per heavy atom. The first-order chi connectivity index (χ1) is 23.3. The van der Waals surface area contributed by atoms with Crippen LogP contribution in [0.2, 0.25) is 0 Å². The van der Waals surface area contributed by atoms with Crippen molar-refractivity contribution in [3.8, 4) is 6.07 Å². The van der Waals surface area contributed by atoms with Crippen molar-refractivity contribution in [1.82, 2.24) is 19.4 Å². The van der Waals surface area contributed by atoms with Crippen LogP contribution in [-0.2, 0) is 25.1 Å². The van der Waals surface area contributed by atoms with Crippen LogP contribution >= 0.6 is 11.3 Å². The Morgan fingerprint density at radius 1 is 1.12 bits per heavy atom. The number of thiophene rings is 1. The van der Waals surface area contributed by atoms with Gasteiger partial charge >= 0.3 is 6.18 Å². The molecule has 1 aliphatic rings. The number of nitrogens with one attached hydrogen (secondary N) is 2. The second-order valence-electron chi connectivity index (χ2n) is 12.9. The summed E-state index contributed by atoms with van der Waals surface area (Å²) < 4.78 is 40.8. The Labute approximate surface area is 287 Å². The van der Waals surface area contributed by atoms with Crippen molar-refractivity contribution in [3.63, 3.8) is 0 Å². The number of aliphatic hydroxyl groups is 1. The van der Waals surface area contributed by atoms with Crippen LogP contribution in [0.3, 0.4) is 0 Å². The number of aryl methyl sites for hydroxylation is 1. The molecule has 254 valence electrons. The van der Waals surface area contributed by atoms with Crippen LogP contribution in [0, 0.1) is 18.3 Å². The van der Waals surface area contributed by atoms with Gasteiger partial charge in [0.05, 0.1) is 18.4 Å². The maximum atomic E-state index is 13.0. The number of nitrogens with zero attached hydrogens (tertiary/aromatic N) is 5. The number of hydrogen-bond donors (Lipinski definition) is 3. The minimum Gasteiger partial charge on any atom is -0.384 e. The molecule has 12 heteroatoms. The summed E-state index contributed by atoms with van der Waals surface area (Å²) in [5.41, 5.74) is 4.66. The van der Waals surface area contributed by atoms with Gasteiger partial charge in [0.25, 0.3) is 0 Å². The number of benzene rings is 2. The zero-order valence-electron chi connectivity index (χ0n) is 27.4. The van der Waals surface area contributed by atoms with Crippen LogP contribution in [0.4, 0.5) is 24.7 Å². The SMILES string of the molecule is C=CC(=C)Nc1ccc(C(C)(O)Cn2c(C#N)cc3c(C)c(CN4CCC(Nc5ncnc6sc(CC(F)(F)F)cc56)CC4)ccc32)cc1. The summed E-state index contributed by atoms with van der Waals surface area (Å²) in [5.74, 6) is 0.579. The predicted octanol–water partition coefficient (Wildman–Crippen LogP) is 8.03. The molecule has 0 amide bonds. The standard InChI is InChI=1S/C37H38F3N7OS/c1-5-23(2)44-27-9-7-26(8-10-27)36(4,48)21-47-29(19-41)16-31-24(3)25(6-11-33(31)47)20-46-14-12-28(13-15-46)45-34-32-17-30(18-37(38,39)40)49-35(32)43-22-42-34/h5-11,16-17,22,28,44,48H,1-2,12-15,18,20-21H2,3-4H3,(H,42,43,45). The molecule has 4 heterocycles. The number of aromatic nitrogens is 3. The van der Waals surface area contributed by atoms with E-state index < -0.39 is 18.2 Å². The number of nitriles is 1. The lowest BCUT2D eigenvalue weighted by Crippen LogP contribution is -2.39. The van der Waals surface area contributed by atoms with E-state index >= 15 is 0 Å². The molecule has 3 aromatic heterocycles. The van der Waals surface area contributed by atoms with Gasteiger partial charge in [0.2, 0.25) is 0 Å². The third-order valence-corrected chi connectivity index (χ3v) is 10.2. The quantitative estimate of drug-likeness (QED) is 0.121. The minimum absolute atomic E-state index is 0.142. The zero-order chi connectivity index (χ0) is 34.9. The van der Waals surface area contributed by atoms with E-state index in [1.165, 1.54) is 11.9 Å². The van der Waals surface area contributed by atoms with Crippen LogP contribution in [0.25, 0.3) is 21.1 Å². The maximum Gasteiger partial charge on any atom is 0.393 e. The number of anilines is 2. The smallest absolute Gasteiger partial charge is 0.384 e. The van der Waals surface area contributed by atoms with E-state index in [9.17, 15) is 23.5 Å². The molecule has 0 saturated carbocycles. The predicted molar refractivity (Wildman–Crippen MR) is 189 cm³/mol. The monoisotopic (exact) mass is 685 g/mol. The van der Waals surface area contributed by atoms with E-state index in [0.29, 0.717) is 27.4 Å². The van der Waals surface area contributed by atoms with Gasteiger partial charge in [-0.25, -0.2) is 9.97 Å². The summed E-state index contributed by atoms with van der Waals surface area (Å²) in [4.78, 5) is 11.7. The number of halogens is 3. The number of hydrogen-bond acceptors (Lipinski definition) is 8. The highest BCUT2D eigenvalue weighted by atomic mass is 32.1. The maximum absolute atomic E-state index is 13.0. The number of alkyl halides is 3. The van der Waals surface area contributed by atoms with Gasteiger partial charge in [-0.3, -0.25) is 4.90 Å². The summed E-state index contributed by atoms with van der Waals surface area (Å²) in [5, 5.41) is 29.8. The molecular weight excluding hydrogens is 648 g/mol. The van der Waals surface area contributed by atoms with Crippen molar-refractivity contribution in [1.29, 1.82) is 5.26 Å². The van der Waals surface area contributed by atoms with Crippen LogP contribution in [-0.4, -0.2) is 49.8 Å². The second-order valence-corrected chi connectivity index (χ2v) is 14.0. The first kappa shape index (κ1) is 34.2. The van der Waals surface area contributed by atoms with E-state index in [1.54, 1.807) is 19.1 Å². The third kappa shape index (κ3) is 7.64. The highest BCUT2D eigenvalue weighted by Gasteiger charge is 2.30. The Bertz CT molecular complexity index is 2050. The van der Waals surface area contributed by atoms with E-state index in [1.807, 2.05) is 41.0 Å². The molecule has 1 aliphatic heterocycles. The summed E-state index contributed by atoms with van der Waals surface area (Å²) in [7, 11) is 0. The van der Waals surface area contributed by atoms with Crippen LogP contribution < -0.4 is 10.6 Å². The van der Waals surface area contributed by atoms with Crippen LogP contribution in [0.1, 0.15) is 47.0 Å². The molecule has 1 saturated heterocycles. The Morgan fingerprint density at radius 3 is 2.53 bits per heavy atom. The lowest BCUT2D eigenvalue weighted by atomic mass is 9.95. The van der Waals surface area contributed by atoms with Gasteiger partial charge in [0.15, 0.2) is 0 Å². The lowest BCUT2D eigenvalue weighted by Gasteiger charge is -2.33. The summed E-state index contributed by atoms with van der Waals surface area (Å²) >= 11 is 1.05. The number of piperidine rings is 1. The highest BCUT2D eigenvalue weighted by Crippen LogP contribution is 2.34. The van der Waals surface area contributed by atoms with E-state index in [-0.39, 0.29) is 17.5 Å². The zero-order valence-corrected chi connectivity index (χ0v) is 28.3. The van der Waals surface area contributed by atoms with E-state index in [2.05, 4.69) is 57.7 Å². The van der Waals surface area contributed by atoms with Crippen molar-refractivity contribution in [3.05, 3.63) is 107 Å². The van der Waals surface area contributed by atoms with Crippen LogP contribution in [0.5, 0.6) is 0 Å². The molecule has 8 nitrogen and oxygen atoms in total. The van der Waals surface area contributed by atoms with Crippen molar-refractivity contribution < 1.29 is 18.3 Å². The molecule has 2 aromatic carbocycles. The number of rotatable bonds is 11. The Kier molecular flexibility index (Phi) is 9.53. The van der Waals surface area contributed by atoms with Gasteiger partial charge in [-0.1, -0.05) is 31.4 Å². The molecule has 1 fully saturated rings. The molecule has 6 rings (SSSR count). The molecule has 0 radical (unpaired) electrons. The van der Waals surface area contributed by atoms with Gasteiger partial charge in [-0.15, -0.1) is 11.3 Å². The Balaban J connectivity index is 1.12. The van der Waals surface area contributed by atoms with Crippen LogP contribution in [0.15, 0.2) is 79.8 Å². The topological polar surface area (TPSA) is 102 Å². The molecule has 5 aromatic rings. The average Bonchev–Trinajstić information content (AvgIpc) is 3.63. The minimum atomic E-state index is -4.27. The fraction of sp³-hybridized carbons (Fsp3) is 0.324. The van der Waals surface area contributed by atoms with Gasteiger partial charge in [0.1, 0.15) is 34.3 Å². The normalized spacial score (nSPS) is 15.6. The fourth-order valence-electron chi connectivity index (χ4n) is 6.48. The highest BCUT2D eigenvalue weighted by molar-refractivity contribution is 7.18. The van der Waals surface area contributed by atoms with E-state index in [0.717, 1.165) is 71.5 Å². The molecule has 0 spiro atoms. The van der Waals surface area contributed by atoms with Crippen molar-refractivity contribution >= 4 is 44.0 Å². The number of allylic oxidation sites excluding steroid dienone is 1. The number of fused-ring (bicyclic) bond motifs is 2. The molecule has 0 bridgehead atoms. The molecule has 1 unspecified atom stereocenters. The number of likely N-dealkylation sites (tertiary alicyclic amines) is 1. The second kappa shape index (κ2) is 13.7. The molecule has 0 aliphatic carbocycles. The van der Waals surface area contributed by atoms with Gasteiger partial charge in [0, 0.05) is 52.8 Å².